The highest BCUT2D eigenvalue weighted by Crippen LogP contribution is 2.22. The number of carbonyl (C=O) groups is 1. The van der Waals surface area contributed by atoms with Crippen LogP contribution in [0.5, 0.6) is 0 Å². The van der Waals surface area contributed by atoms with Crippen molar-refractivity contribution in [2.24, 2.45) is 5.92 Å². The monoisotopic (exact) mass is 307 g/mol. The Morgan fingerprint density at radius 2 is 1.91 bits per heavy atom. The Balaban J connectivity index is 1.88. The Bertz CT molecular complexity index is 802. The standard InChI is InChI=1S/C19H21N3O/c1-12(2)17(18-20-15-9-4-5-10-16(15)21-18)22-19(23)14-8-6-7-13(3)11-14/h4-12,17H,1-3H3,(H,20,21)(H,22,23). The molecule has 0 fully saturated rings. The molecule has 1 heterocycles. The molecule has 1 unspecified atom stereocenters. The van der Waals surface area contributed by atoms with Crippen LogP contribution in [0.2, 0.25) is 0 Å². The van der Waals surface area contributed by atoms with Crippen LogP contribution in [-0.4, -0.2) is 15.9 Å². The summed E-state index contributed by atoms with van der Waals surface area (Å²) in [4.78, 5) is 20.5. The summed E-state index contributed by atoms with van der Waals surface area (Å²) in [6, 6.07) is 15.3. The molecule has 0 bridgehead atoms. The number of amides is 1. The number of rotatable bonds is 4. The molecule has 0 aliphatic carbocycles. The number of aromatic nitrogens is 2. The predicted octanol–water partition coefficient (Wildman–Crippen LogP) is 4.00. The van der Waals surface area contributed by atoms with Gasteiger partial charge in [0.25, 0.3) is 5.91 Å². The summed E-state index contributed by atoms with van der Waals surface area (Å²) in [6.07, 6.45) is 0. The van der Waals surface area contributed by atoms with Crippen LogP contribution in [0.25, 0.3) is 11.0 Å². The number of imidazole rings is 1. The van der Waals surface area contributed by atoms with Gasteiger partial charge in [0.1, 0.15) is 5.82 Å². The number of aryl methyl sites for hydroxylation is 1. The predicted molar refractivity (Wildman–Crippen MR) is 92.3 cm³/mol. The van der Waals surface area contributed by atoms with E-state index < -0.39 is 0 Å². The van der Waals surface area contributed by atoms with E-state index in [9.17, 15) is 4.79 Å². The maximum atomic E-state index is 12.5. The number of nitrogens with one attached hydrogen (secondary N) is 2. The topological polar surface area (TPSA) is 57.8 Å². The molecular weight excluding hydrogens is 286 g/mol. The number of para-hydroxylation sites is 2. The molecule has 118 valence electrons. The van der Waals surface area contributed by atoms with E-state index in [0.717, 1.165) is 22.4 Å². The minimum absolute atomic E-state index is 0.0761. The molecule has 2 N–H and O–H groups in total. The minimum atomic E-state index is -0.157. The lowest BCUT2D eigenvalue weighted by Crippen LogP contribution is -2.32. The molecule has 3 aromatic rings. The largest absolute Gasteiger partial charge is 0.342 e. The minimum Gasteiger partial charge on any atom is -0.342 e. The Kier molecular flexibility index (Phi) is 4.15. The lowest BCUT2D eigenvalue weighted by molar-refractivity contribution is 0.0923. The van der Waals surface area contributed by atoms with E-state index in [4.69, 9.17) is 0 Å². The highest BCUT2D eigenvalue weighted by molar-refractivity contribution is 5.94. The van der Waals surface area contributed by atoms with E-state index in [1.165, 1.54) is 0 Å². The van der Waals surface area contributed by atoms with Crippen LogP contribution >= 0.6 is 0 Å². The van der Waals surface area contributed by atoms with Crippen LogP contribution in [-0.2, 0) is 0 Å². The van der Waals surface area contributed by atoms with Gasteiger partial charge in [-0.25, -0.2) is 4.98 Å². The molecule has 1 amide bonds. The molecule has 2 aromatic carbocycles. The lowest BCUT2D eigenvalue weighted by atomic mass is 10.0. The first kappa shape index (κ1) is 15.3. The highest BCUT2D eigenvalue weighted by atomic mass is 16.1. The van der Waals surface area contributed by atoms with Gasteiger partial charge in [0.05, 0.1) is 17.1 Å². The molecule has 1 aromatic heterocycles. The van der Waals surface area contributed by atoms with Crippen LogP contribution in [0.1, 0.15) is 41.6 Å². The fraction of sp³-hybridized carbons (Fsp3) is 0.263. The molecule has 3 rings (SSSR count). The molecule has 0 aliphatic heterocycles. The van der Waals surface area contributed by atoms with Crippen LogP contribution in [0.4, 0.5) is 0 Å². The third-order valence-electron chi connectivity index (χ3n) is 3.94. The summed E-state index contributed by atoms with van der Waals surface area (Å²) in [7, 11) is 0. The second-order valence-corrected chi connectivity index (χ2v) is 6.20. The number of carbonyl (C=O) groups excluding carboxylic acids is 1. The summed E-state index contributed by atoms with van der Waals surface area (Å²) in [5, 5.41) is 3.10. The van der Waals surface area contributed by atoms with Gasteiger partial charge in [-0.15, -0.1) is 0 Å². The molecule has 0 saturated heterocycles. The number of hydrogen-bond donors (Lipinski definition) is 2. The second kappa shape index (κ2) is 6.24. The average molecular weight is 307 g/mol. The SMILES string of the molecule is Cc1cccc(C(=O)NC(c2nc3ccccc3[nH]2)C(C)C)c1. The van der Waals surface area contributed by atoms with Crippen molar-refractivity contribution in [3.8, 4) is 0 Å². The van der Waals surface area contributed by atoms with E-state index in [1.54, 1.807) is 0 Å². The first-order chi connectivity index (χ1) is 11.0. The third kappa shape index (κ3) is 3.26. The normalized spacial score (nSPS) is 12.5. The van der Waals surface area contributed by atoms with Crippen molar-refractivity contribution in [3.63, 3.8) is 0 Å². The van der Waals surface area contributed by atoms with Crippen molar-refractivity contribution in [3.05, 3.63) is 65.5 Å². The smallest absolute Gasteiger partial charge is 0.251 e. The molecule has 0 saturated carbocycles. The number of benzene rings is 2. The highest BCUT2D eigenvalue weighted by Gasteiger charge is 2.22. The lowest BCUT2D eigenvalue weighted by Gasteiger charge is -2.20. The molecule has 1 atom stereocenters. The van der Waals surface area contributed by atoms with Crippen LogP contribution in [0, 0.1) is 12.8 Å². The summed E-state index contributed by atoms with van der Waals surface area (Å²) in [5.74, 6) is 0.944. The quantitative estimate of drug-likeness (QED) is 0.765. The van der Waals surface area contributed by atoms with Crippen molar-refractivity contribution in [1.29, 1.82) is 0 Å². The van der Waals surface area contributed by atoms with Gasteiger partial charge in [-0.2, -0.15) is 0 Å². The van der Waals surface area contributed by atoms with Crippen molar-refractivity contribution in [2.45, 2.75) is 26.8 Å². The average Bonchev–Trinajstić information content (AvgIpc) is 2.95. The van der Waals surface area contributed by atoms with E-state index in [2.05, 4.69) is 29.1 Å². The van der Waals surface area contributed by atoms with Gasteiger partial charge < -0.3 is 10.3 Å². The number of aromatic amines is 1. The van der Waals surface area contributed by atoms with E-state index in [1.807, 2.05) is 55.5 Å². The van der Waals surface area contributed by atoms with E-state index in [-0.39, 0.29) is 17.9 Å². The molecule has 4 heteroatoms. The third-order valence-corrected chi connectivity index (χ3v) is 3.94. The van der Waals surface area contributed by atoms with E-state index in [0.29, 0.717) is 5.56 Å². The number of nitrogens with zero attached hydrogens (tertiary/aromatic N) is 1. The van der Waals surface area contributed by atoms with Gasteiger partial charge in [0.15, 0.2) is 0 Å². The number of hydrogen-bond acceptors (Lipinski definition) is 2. The number of fused-ring (bicyclic) bond motifs is 1. The Hall–Kier alpha value is -2.62. The summed E-state index contributed by atoms with van der Waals surface area (Å²) >= 11 is 0. The van der Waals surface area contributed by atoms with Crippen LogP contribution < -0.4 is 5.32 Å². The van der Waals surface area contributed by atoms with E-state index >= 15 is 0 Å². The van der Waals surface area contributed by atoms with Crippen molar-refractivity contribution >= 4 is 16.9 Å². The maximum Gasteiger partial charge on any atom is 0.251 e. The number of H-pyrrole nitrogens is 1. The zero-order valence-corrected chi connectivity index (χ0v) is 13.6. The molecule has 4 nitrogen and oxygen atoms in total. The summed E-state index contributed by atoms with van der Waals surface area (Å²) in [6.45, 7) is 6.14. The van der Waals surface area contributed by atoms with Gasteiger partial charge in [0, 0.05) is 5.56 Å². The molecule has 0 spiro atoms. The van der Waals surface area contributed by atoms with Gasteiger partial charge in [-0.1, -0.05) is 43.7 Å². The van der Waals surface area contributed by atoms with Crippen molar-refractivity contribution in [1.82, 2.24) is 15.3 Å². The Morgan fingerprint density at radius 3 is 2.61 bits per heavy atom. The van der Waals surface area contributed by atoms with Gasteiger partial charge >= 0.3 is 0 Å². The fourth-order valence-electron chi connectivity index (χ4n) is 2.68. The van der Waals surface area contributed by atoms with Gasteiger partial charge in [-0.05, 0) is 37.1 Å². The molecule has 0 aliphatic rings. The Labute approximate surface area is 136 Å². The fourth-order valence-corrected chi connectivity index (χ4v) is 2.68. The second-order valence-electron chi connectivity index (χ2n) is 6.20. The molecular formula is C19H21N3O. The summed E-state index contributed by atoms with van der Waals surface area (Å²) in [5.41, 5.74) is 3.64. The van der Waals surface area contributed by atoms with Gasteiger partial charge in [-0.3, -0.25) is 4.79 Å². The van der Waals surface area contributed by atoms with Gasteiger partial charge in [0.2, 0.25) is 0 Å². The zero-order chi connectivity index (χ0) is 16.4. The Morgan fingerprint density at radius 1 is 1.13 bits per heavy atom. The first-order valence-electron chi connectivity index (χ1n) is 7.87. The summed E-state index contributed by atoms with van der Waals surface area (Å²) < 4.78 is 0. The first-order valence-corrected chi connectivity index (χ1v) is 7.87. The van der Waals surface area contributed by atoms with Crippen LogP contribution in [0.3, 0.4) is 0 Å². The zero-order valence-electron chi connectivity index (χ0n) is 13.6. The van der Waals surface area contributed by atoms with Crippen molar-refractivity contribution in [2.75, 3.05) is 0 Å². The maximum absolute atomic E-state index is 12.5. The van der Waals surface area contributed by atoms with Crippen LogP contribution in [0.15, 0.2) is 48.5 Å². The molecule has 0 radical (unpaired) electrons. The van der Waals surface area contributed by atoms with Crippen molar-refractivity contribution < 1.29 is 4.79 Å². The molecule has 23 heavy (non-hydrogen) atoms.